The number of amides is 1. The molecule has 2 nitrogen and oxygen atoms in total. The summed E-state index contributed by atoms with van der Waals surface area (Å²) in [5.74, 6) is 6.41. The highest BCUT2D eigenvalue weighted by Gasteiger charge is 2.60. The zero-order chi connectivity index (χ0) is 23.1. The lowest BCUT2D eigenvalue weighted by atomic mass is 9.42. The molecular formula is C31H53NO. The van der Waals surface area contributed by atoms with Crippen LogP contribution in [0.3, 0.4) is 0 Å². The van der Waals surface area contributed by atoms with Gasteiger partial charge in [0.25, 0.3) is 0 Å². The number of piperidine rings is 1. The second-order valence-electron chi connectivity index (χ2n) is 13.6. The van der Waals surface area contributed by atoms with Crippen LogP contribution >= 0.6 is 0 Å². The smallest absolute Gasteiger partial charge is 0.222 e. The highest BCUT2D eigenvalue weighted by Crippen LogP contribution is 2.69. The fraction of sp³-hybridized carbons (Fsp3) is 0.968. The van der Waals surface area contributed by atoms with E-state index in [0.29, 0.717) is 16.7 Å². The van der Waals surface area contributed by atoms with E-state index in [2.05, 4.69) is 25.7 Å². The van der Waals surface area contributed by atoms with Crippen LogP contribution in [0.4, 0.5) is 0 Å². The molecule has 4 aliphatic carbocycles. The van der Waals surface area contributed by atoms with Crippen molar-refractivity contribution < 1.29 is 4.79 Å². The van der Waals surface area contributed by atoms with Gasteiger partial charge in [0.2, 0.25) is 5.91 Å². The number of nitrogens with zero attached hydrogens (tertiary/aromatic N) is 1. The quantitative estimate of drug-likeness (QED) is 0.369. The molecule has 0 aromatic heterocycles. The average molecular weight is 456 g/mol. The van der Waals surface area contributed by atoms with Crippen LogP contribution in [0.5, 0.6) is 0 Å². The third-order valence-electron chi connectivity index (χ3n) is 12.4. The fourth-order valence-electron chi connectivity index (χ4n) is 10.6. The van der Waals surface area contributed by atoms with Gasteiger partial charge in [0.05, 0.1) is 0 Å². The molecule has 5 aliphatic rings. The van der Waals surface area contributed by atoms with Crippen molar-refractivity contribution in [2.24, 2.45) is 46.3 Å². The molecule has 4 saturated carbocycles. The third kappa shape index (κ3) is 4.33. The first kappa shape index (κ1) is 24.2. The van der Waals surface area contributed by atoms with E-state index >= 15 is 0 Å². The zero-order valence-electron chi connectivity index (χ0n) is 22.3. The Kier molecular flexibility index (Phi) is 7.21. The number of hydrogen-bond acceptors (Lipinski definition) is 1. The monoisotopic (exact) mass is 455 g/mol. The maximum absolute atomic E-state index is 12.6. The Morgan fingerprint density at radius 3 is 2.39 bits per heavy atom. The van der Waals surface area contributed by atoms with Crippen LogP contribution in [-0.4, -0.2) is 23.9 Å². The Morgan fingerprint density at radius 1 is 0.818 bits per heavy atom. The van der Waals surface area contributed by atoms with E-state index in [9.17, 15) is 4.79 Å². The van der Waals surface area contributed by atoms with Gasteiger partial charge in [0, 0.05) is 19.5 Å². The molecule has 0 spiro atoms. The summed E-state index contributed by atoms with van der Waals surface area (Å²) in [5, 5.41) is 0. The average Bonchev–Trinajstić information content (AvgIpc) is 3.17. The van der Waals surface area contributed by atoms with E-state index in [-0.39, 0.29) is 0 Å². The van der Waals surface area contributed by atoms with E-state index < -0.39 is 0 Å². The summed E-state index contributed by atoms with van der Waals surface area (Å²) in [7, 11) is 0. The van der Waals surface area contributed by atoms with Crippen molar-refractivity contribution in [3.63, 3.8) is 0 Å². The summed E-state index contributed by atoms with van der Waals surface area (Å²) in [4.78, 5) is 14.7. The molecule has 0 aromatic carbocycles. The van der Waals surface area contributed by atoms with Crippen LogP contribution in [0.25, 0.3) is 0 Å². The molecule has 5 rings (SSSR count). The highest BCUT2D eigenvalue weighted by atomic mass is 16.2. The van der Waals surface area contributed by atoms with Gasteiger partial charge in [-0.15, -0.1) is 0 Å². The van der Waals surface area contributed by atoms with Crippen LogP contribution in [0, 0.1) is 46.3 Å². The van der Waals surface area contributed by atoms with Gasteiger partial charge in [-0.05, 0) is 123 Å². The SMILES string of the molecule is CC[C@H]1C[C@H]2C3CCC(CCCCC(=O)N4CCCCC4)C3(C)CC[C@@H]2C2(C)CCCCC12. The van der Waals surface area contributed by atoms with Crippen molar-refractivity contribution in [3.8, 4) is 0 Å². The van der Waals surface area contributed by atoms with Crippen molar-refractivity contribution in [3.05, 3.63) is 0 Å². The normalized spacial score (nSPS) is 45.2. The van der Waals surface area contributed by atoms with E-state index in [0.717, 1.165) is 61.4 Å². The van der Waals surface area contributed by atoms with Crippen molar-refractivity contribution in [2.75, 3.05) is 13.1 Å². The minimum absolute atomic E-state index is 0.439. The van der Waals surface area contributed by atoms with Gasteiger partial charge in [-0.1, -0.05) is 46.5 Å². The predicted molar refractivity (Wildman–Crippen MR) is 138 cm³/mol. The lowest BCUT2D eigenvalue weighted by molar-refractivity contribution is -0.136. The molecule has 1 heterocycles. The van der Waals surface area contributed by atoms with Crippen LogP contribution in [-0.2, 0) is 4.79 Å². The van der Waals surface area contributed by atoms with Crippen LogP contribution in [0.1, 0.15) is 130 Å². The van der Waals surface area contributed by atoms with E-state index in [1.54, 1.807) is 6.42 Å². The number of carbonyl (C=O) groups excluding carboxylic acids is 1. The fourth-order valence-corrected chi connectivity index (χ4v) is 10.6. The number of hydrogen-bond donors (Lipinski definition) is 0. The molecule has 33 heavy (non-hydrogen) atoms. The minimum atomic E-state index is 0.439. The molecule has 1 saturated heterocycles. The van der Waals surface area contributed by atoms with Crippen molar-refractivity contribution >= 4 is 5.91 Å². The first-order chi connectivity index (χ1) is 16.0. The lowest BCUT2D eigenvalue weighted by Crippen LogP contribution is -2.55. The van der Waals surface area contributed by atoms with Crippen LogP contribution < -0.4 is 0 Å². The molecule has 8 atom stereocenters. The van der Waals surface area contributed by atoms with Crippen molar-refractivity contribution in [2.45, 2.75) is 130 Å². The third-order valence-corrected chi connectivity index (χ3v) is 12.4. The van der Waals surface area contributed by atoms with Gasteiger partial charge in [-0.3, -0.25) is 4.79 Å². The summed E-state index contributed by atoms with van der Waals surface area (Å²) < 4.78 is 0. The largest absolute Gasteiger partial charge is 0.343 e. The van der Waals surface area contributed by atoms with Crippen molar-refractivity contribution in [1.29, 1.82) is 0 Å². The molecule has 0 aromatic rings. The number of rotatable bonds is 6. The minimum Gasteiger partial charge on any atom is -0.343 e. The van der Waals surface area contributed by atoms with E-state index in [1.165, 1.54) is 89.9 Å². The topological polar surface area (TPSA) is 20.3 Å². The Bertz CT molecular complexity index is 682. The van der Waals surface area contributed by atoms with Crippen LogP contribution in [0.15, 0.2) is 0 Å². The summed E-state index contributed by atoms with van der Waals surface area (Å²) in [6, 6.07) is 0. The van der Waals surface area contributed by atoms with Crippen LogP contribution in [0.2, 0.25) is 0 Å². The Morgan fingerprint density at radius 2 is 1.61 bits per heavy atom. The van der Waals surface area contributed by atoms with Gasteiger partial charge in [-0.25, -0.2) is 0 Å². The number of likely N-dealkylation sites (tertiary alicyclic amines) is 1. The summed E-state index contributed by atoms with van der Waals surface area (Å²) >= 11 is 0. The molecule has 0 N–H and O–H groups in total. The summed E-state index contributed by atoms with van der Waals surface area (Å²) in [6.45, 7) is 9.97. The lowest BCUT2D eigenvalue weighted by Gasteiger charge is -2.62. The van der Waals surface area contributed by atoms with Gasteiger partial charge in [0.15, 0.2) is 0 Å². The predicted octanol–water partition coefficient (Wildman–Crippen LogP) is 8.24. The van der Waals surface area contributed by atoms with Gasteiger partial charge >= 0.3 is 0 Å². The summed E-state index contributed by atoms with van der Waals surface area (Å²) in [5.41, 5.74) is 1.24. The number of fused-ring (bicyclic) bond motifs is 5. The first-order valence-corrected chi connectivity index (χ1v) is 15.2. The molecule has 0 bridgehead atoms. The standard InChI is InChI=1S/C31H53NO/c1-4-23-22-25-27-16-15-24(12-6-7-14-29(33)32-20-10-5-11-21-32)30(27,2)19-17-28(25)31(3)18-9-8-13-26(23)31/h23-28H,4-22H2,1-3H3/t23-,24?,25-,26?,27?,28-,30?,31?/m0/s1. The summed E-state index contributed by atoms with van der Waals surface area (Å²) in [6.07, 6.45) is 23.3. The molecule has 5 fully saturated rings. The maximum atomic E-state index is 12.6. The van der Waals surface area contributed by atoms with E-state index in [4.69, 9.17) is 0 Å². The Balaban J connectivity index is 1.19. The molecular weight excluding hydrogens is 402 g/mol. The number of carbonyl (C=O) groups is 1. The Hall–Kier alpha value is -0.530. The maximum Gasteiger partial charge on any atom is 0.222 e. The molecule has 0 radical (unpaired) electrons. The first-order valence-electron chi connectivity index (χ1n) is 15.2. The van der Waals surface area contributed by atoms with Gasteiger partial charge in [0.1, 0.15) is 0 Å². The second-order valence-corrected chi connectivity index (χ2v) is 13.6. The molecule has 188 valence electrons. The molecule has 1 amide bonds. The van der Waals surface area contributed by atoms with E-state index in [1.807, 2.05) is 0 Å². The van der Waals surface area contributed by atoms with Gasteiger partial charge in [-0.2, -0.15) is 0 Å². The zero-order valence-corrected chi connectivity index (χ0v) is 22.3. The number of unbranched alkanes of at least 4 members (excludes halogenated alkanes) is 1. The molecule has 5 unspecified atom stereocenters. The van der Waals surface area contributed by atoms with Crippen molar-refractivity contribution in [1.82, 2.24) is 4.90 Å². The highest BCUT2D eigenvalue weighted by molar-refractivity contribution is 5.76. The molecule has 2 heteroatoms. The Labute approximate surface area is 205 Å². The second kappa shape index (κ2) is 9.85. The van der Waals surface area contributed by atoms with Gasteiger partial charge < -0.3 is 4.90 Å². The molecule has 1 aliphatic heterocycles.